The number of carbonyl (C=O) groups is 2. The van der Waals surface area contributed by atoms with Gasteiger partial charge in [0.25, 0.3) is 0 Å². The van der Waals surface area contributed by atoms with Crippen LogP contribution in [0, 0.1) is 0 Å². The van der Waals surface area contributed by atoms with Crippen LogP contribution in [-0.2, 0) is 19.5 Å². The molecule has 3 aromatic rings. The highest BCUT2D eigenvalue weighted by atomic mass is 32.2. The molecule has 1 fully saturated rings. The van der Waals surface area contributed by atoms with Gasteiger partial charge in [-0.2, -0.15) is 4.31 Å². The Labute approximate surface area is 189 Å². The molecule has 1 saturated heterocycles. The second-order valence-corrected chi connectivity index (χ2v) is 10.5. The van der Waals surface area contributed by atoms with Gasteiger partial charge < -0.3 is 9.47 Å². The first kappa shape index (κ1) is 22.4. The summed E-state index contributed by atoms with van der Waals surface area (Å²) < 4.78 is 38.8. The summed E-state index contributed by atoms with van der Waals surface area (Å²) in [4.78, 5) is 28.7. The standard InChI is InChI=1S/C22H22N2O6S2/c1-29-21(25)15-10-16(22(26)30-2)12-17(11-15)32(27,28)24-9-5-6-14(13-24)20-23-18-7-3-4-8-19(18)31-20/h3-4,7-8,10-12,14H,5-6,9,13H2,1-2H3/t14-/m0/s1. The summed E-state index contributed by atoms with van der Waals surface area (Å²) in [5, 5.41) is 0.907. The van der Waals surface area contributed by atoms with Crippen LogP contribution in [0.3, 0.4) is 0 Å². The fourth-order valence-electron chi connectivity index (χ4n) is 3.80. The first-order valence-electron chi connectivity index (χ1n) is 10.0. The maximum atomic E-state index is 13.5. The molecule has 8 nitrogen and oxygen atoms in total. The molecule has 0 saturated carbocycles. The van der Waals surface area contributed by atoms with Crippen molar-refractivity contribution in [2.75, 3.05) is 27.3 Å². The molecule has 2 aromatic carbocycles. The summed E-state index contributed by atoms with van der Waals surface area (Å²) in [5.41, 5.74) is 0.836. The number of ether oxygens (including phenoxy) is 2. The molecule has 4 rings (SSSR count). The van der Waals surface area contributed by atoms with Crippen LogP contribution in [0.2, 0.25) is 0 Å². The van der Waals surface area contributed by atoms with Gasteiger partial charge in [0, 0.05) is 19.0 Å². The van der Waals surface area contributed by atoms with Gasteiger partial charge in [-0.1, -0.05) is 12.1 Å². The topological polar surface area (TPSA) is 103 Å². The Morgan fingerprint density at radius 2 is 1.72 bits per heavy atom. The Balaban J connectivity index is 1.67. The van der Waals surface area contributed by atoms with Crippen LogP contribution in [0.25, 0.3) is 10.2 Å². The lowest BCUT2D eigenvalue weighted by Crippen LogP contribution is -2.39. The van der Waals surface area contributed by atoms with Gasteiger partial charge >= 0.3 is 11.9 Å². The van der Waals surface area contributed by atoms with E-state index in [1.165, 1.54) is 36.7 Å². The highest BCUT2D eigenvalue weighted by Crippen LogP contribution is 2.35. The zero-order valence-corrected chi connectivity index (χ0v) is 19.2. The number of rotatable bonds is 5. The van der Waals surface area contributed by atoms with E-state index < -0.39 is 22.0 Å². The van der Waals surface area contributed by atoms with E-state index in [9.17, 15) is 18.0 Å². The number of sulfonamides is 1. The van der Waals surface area contributed by atoms with Gasteiger partial charge in [-0.05, 0) is 43.2 Å². The van der Waals surface area contributed by atoms with E-state index in [0.717, 1.165) is 21.6 Å². The number of carbonyl (C=O) groups excluding carboxylic acids is 2. The summed E-state index contributed by atoms with van der Waals surface area (Å²) in [6.07, 6.45) is 1.52. The second kappa shape index (κ2) is 8.97. The Hall–Kier alpha value is -2.82. The molecule has 1 aliphatic rings. The highest BCUT2D eigenvalue weighted by Gasteiger charge is 2.33. The fourth-order valence-corrected chi connectivity index (χ4v) is 6.48. The number of aromatic nitrogens is 1. The maximum Gasteiger partial charge on any atom is 0.337 e. The van der Waals surface area contributed by atoms with E-state index >= 15 is 0 Å². The monoisotopic (exact) mass is 474 g/mol. The number of benzene rings is 2. The molecule has 0 N–H and O–H groups in total. The molecule has 0 bridgehead atoms. The molecular weight excluding hydrogens is 452 g/mol. The molecule has 0 spiro atoms. The number of esters is 2. The van der Waals surface area contributed by atoms with Crippen molar-refractivity contribution in [1.82, 2.24) is 9.29 Å². The minimum Gasteiger partial charge on any atom is -0.465 e. The quantitative estimate of drug-likeness (QED) is 0.522. The number of hydrogen-bond acceptors (Lipinski definition) is 8. The molecule has 0 amide bonds. The zero-order chi connectivity index (χ0) is 22.9. The van der Waals surface area contributed by atoms with Crippen molar-refractivity contribution < 1.29 is 27.5 Å². The number of piperidine rings is 1. The molecule has 2 heterocycles. The molecule has 1 aliphatic heterocycles. The minimum atomic E-state index is -3.97. The Morgan fingerprint density at radius 3 is 2.34 bits per heavy atom. The van der Waals surface area contributed by atoms with Crippen molar-refractivity contribution >= 4 is 43.5 Å². The molecule has 0 radical (unpaired) electrons. The number of hydrogen-bond donors (Lipinski definition) is 0. The molecule has 168 valence electrons. The normalized spacial score (nSPS) is 17.2. The molecular formula is C22H22N2O6S2. The van der Waals surface area contributed by atoms with Crippen LogP contribution in [0.5, 0.6) is 0 Å². The molecule has 1 aromatic heterocycles. The van der Waals surface area contributed by atoms with E-state index in [1.807, 2.05) is 24.3 Å². The number of thiazole rings is 1. The average molecular weight is 475 g/mol. The lowest BCUT2D eigenvalue weighted by atomic mass is 10.0. The average Bonchev–Trinajstić information content (AvgIpc) is 3.27. The van der Waals surface area contributed by atoms with Crippen molar-refractivity contribution in [2.45, 2.75) is 23.7 Å². The molecule has 32 heavy (non-hydrogen) atoms. The summed E-state index contributed by atoms with van der Waals surface area (Å²) in [6.45, 7) is 0.623. The SMILES string of the molecule is COC(=O)c1cc(C(=O)OC)cc(S(=O)(=O)N2CCC[C@H](c3nc4ccccc4s3)C2)c1. The number of nitrogens with zero attached hydrogens (tertiary/aromatic N) is 2. The molecule has 10 heteroatoms. The van der Waals surface area contributed by atoms with Gasteiger partial charge in [0.05, 0.1) is 45.5 Å². The molecule has 0 unspecified atom stereocenters. The van der Waals surface area contributed by atoms with Gasteiger partial charge in [0.15, 0.2) is 0 Å². The zero-order valence-electron chi connectivity index (χ0n) is 17.6. The van der Waals surface area contributed by atoms with Crippen LogP contribution in [0.4, 0.5) is 0 Å². The van der Waals surface area contributed by atoms with Crippen molar-refractivity contribution in [3.8, 4) is 0 Å². The third kappa shape index (κ3) is 4.25. The van der Waals surface area contributed by atoms with Gasteiger partial charge in [0.2, 0.25) is 10.0 Å². The second-order valence-electron chi connectivity index (χ2n) is 7.45. The number of fused-ring (bicyclic) bond motifs is 1. The summed E-state index contributed by atoms with van der Waals surface area (Å²) in [7, 11) is -1.59. The van der Waals surface area contributed by atoms with Crippen LogP contribution in [0.15, 0.2) is 47.4 Å². The lowest BCUT2D eigenvalue weighted by molar-refractivity contribution is 0.0598. The lowest BCUT2D eigenvalue weighted by Gasteiger charge is -2.31. The summed E-state index contributed by atoms with van der Waals surface area (Å²) in [6, 6.07) is 11.5. The smallest absolute Gasteiger partial charge is 0.337 e. The maximum absolute atomic E-state index is 13.5. The van der Waals surface area contributed by atoms with Gasteiger partial charge in [-0.25, -0.2) is 23.0 Å². The largest absolute Gasteiger partial charge is 0.465 e. The predicted octanol–water partition coefficient (Wildman–Crippen LogP) is 3.44. The van der Waals surface area contributed by atoms with Crippen molar-refractivity contribution in [3.05, 3.63) is 58.6 Å². The van der Waals surface area contributed by atoms with Crippen LogP contribution >= 0.6 is 11.3 Å². The van der Waals surface area contributed by atoms with E-state index in [2.05, 4.69) is 0 Å². The van der Waals surface area contributed by atoms with E-state index in [0.29, 0.717) is 13.0 Å². The molecule has 1 atom stereocenters. The van der Waals surface area contributed by atoms with Gasteiger partial charge in [-0.15, -0.1) is 11.3 Å². The third-order valence-electron chi connectivity index (χ3n) is 5.43. The van der Waals surface area contributed by atoms with Crippen LogP contribution in [0.1, 0.15) is 44.5 Å². The first-order valence-corrected chi connectivity index (χ1v) is 12.3. The van der Waals surface area contributed by atoms with Gasteiger partial charge in [-0.3, -0.25) is 0 Å². The van der Waals surface area contributed by atoms with Crippen molar-refractivity contribution in [3.63, 3.8) is 0 Å². The number of para-hydroxylation sites is 1. The Morgan fingerprint density at radius 1 is 1.06 bits per heavy atom. The summed E-state index contributed by atoms with van der Waals surface area (Å²) >= 11 is 1.58. The summed E-state index contributed by atoms with van der Waals surface area (Å²) in [5.74, 6) is -1.50. The first-order chi connectivity index (χ1) is 15.3. The fraction of sp³-hybridized carbons (Fsp3) is 0.318. The Kier molecular flexibility index (Phi) is 6.27. The van der Waals surface area contributed by atoms with Crippen LogP contribution < -0.4 is 0 Å². The van der Waals surface area contributed by atoms with E-state index in [1.54, 1.807) is 11.3 Å². The van der Waals surface area contributed by atoms with Gasteiger partial charge in [0.1, 0.15) is 0 Å². The molecule has 0 aliphatic carbocycles. The predicted molar refractivity (Wildman–Crippen MR) is 119 cm³/mol. The van der Waals surface area contributed by atoms with Crippen molar-refractivity contribution in [1.29, 1.82) is 0 Å². The number of methoxy groups -OCH3 is 2. The third-order valence-corrected chi connectivity index (χ3v) is 8.47. The van der Waals surface area contributed by atoms with E-state index in [4.69, 9.17) is 14.5 Å². The minimum absolute atomic E-state index is 0.0280. The van der Waals surface area contributed by atoms with E-state index in [-0.39, 0.29) is 28.5 Å². The Bertz CT molecular complexity index is 1220. The van der Waals surface area contributed by atoms with Crippen LogP contribution in [-0.4, -0.2) is 57.0 Å². The van der Waals surface area contributed by atoms with Crippen molar-refractivity contribution in [2.24, 2.45) is 0 Å². The highest BCUT2D eigenvalue weighted by molar-refractivity contribution is 7.89.